The molecule has 1 atom stereocenters. The zero-order valence-electron chi connectivity index (χ0n) is 10.0. The van der Waals surface area contributed by atoms with Crippen LogP contribution in [0.4, 0.5) is 8.78 Å². The molecule has 1 N–H and O–H groups in total. The number of benzene rings is 2. The first-order valence-electron chi connectivity index (χ1n) is 5.58. The van der Waals surface area contributed by atoms with Gasteiger partial charge in [-0.05, 0) is 52.7 Å². The Kier molecular flexibility index (Phi) is 4.60. The van der Waals surface area contributed by atoms with Crippen LogP contribution in [0.1, 0.15) is 18.6 Å². The van der Waals surface area contributed by atoms with Gasteiger partial charge >= 0.3 is 0 Å². The molecule has 0 spiro atoms. The Morgan fingerprint density at radius 3 is 2.37 bits per heavy atom. The highest BCUT2D eigenvalue weighted by molar-refractivity contribution is 9.10. The van der Waals surface area contributed by atoms with Crippen LogP contribution in [0.5, 0.6) is 0 Å². The van der Waals surface area contributed by atoms with Crippen molar-refractivity contribution in [2.75, 3.05) is 0 Å². The van der Waals surface area contributed by atoms with Crippen LogP contribution in [0.3, 0.4) is 0 Å². The fraction of sp³-hybridized carbons (Fsp3) is 0.143. The normalized spacial score (nSPS) is 12.5. The zero-order valence-corrected chi connectivity index (χ0v) is 12.4. The van der Waals surface area contributed by atoms with E-state index in [1.54, 1.807) is 25.1 Å². The van der Waals surface area contributed by atoms with Crippen LogP contribution in [-0.4, -0.2) is 5.11 Å². The lowest BCUT2D eigenvalue weighted by Gasteiger charge is -2.09. The maximum absolute atomic E-state index is 13.6. The lowest BCUT2D eigenvalue weighted by atomic mass is 10.1. The number of hydrogen-bond acceptors (Lipinski definition) is 2. The van der Waals surface area contributed by atoms with E-state index in [4.69, 9.17) is 0 Å². The SMILES string of the molecule is C[C@@H](O)c1ccc(Sc2ccc(F)cc2F)c(Br)c1. The quantitative estimate of drug-likeness (QED) is 0.851. The molecule has 0 saturated heterocycles. The topological polar surface area (TPSA) is 20.2 Å². The van der Waals surface area contributed by atoms with Gasteiger partial charge in [-0.25, -0.2) is 8.78 Å². The van der Waals surface area contributed by atoms with Crippen molar-refractivity contribution in [2.24, 2.45) is 0 Å². The molecule has 0 amide bonds. The van der Waals surface area contributed by atoms with Crippen LogP contribution in [0.2, 0.25) is 0 Å². The number of aliphatic hydroxyl groups excluding tert-OH is 1. The summed E-state index contributed by atoms with van der Waals surface area (Å²) < 4.78 is 27.1. The summed E-state index contributed by atoms with van der Waals surface area (Å²) in [5, 5.41) is 9.47. The Morgan fingerprint density at radius 2 is 1.79 bits per heavy atom. The van der Waals surface area contributed by atoms with Crippen molar-refractivity contribution in [1.29, 1.82) is 0 Å². The summed E-state index contributed by atoms with van der Waals surface area (Å²) in [5.74, 6) is -1.18. The Balaban J connectivity index is 2.28. The van der Waals surface area contributed by atoms with Crippen LogP contribution in [0.25, 0.3) is 0 Å². The van der Waals surface area contributed by atoms with E-state index in [0.717, 1.165) is 21.0 Å². The van der Waals surface area contributed by atoms with E-state index < -0.39 is 17.7 Å². The van der Waals surface area contributed by atoms with Crippen molar-refractivity contribution in [3.8, 4) is 0 Å². The molecular formula is C14H11BrF2OS. The number of halogens is 3. The molecule has 0 aromatic heterocycles. The van der Waals surface area contributed by atoms with Crippen molar-refractivity contribution in [3.63, 3.8) is 0 Å². The van der Waals surface area contributed by atoms with Gasteiger partial charge in [-0.3, -0.25) is 0 Å². The molecule has 0 aliphatic carbocycles. The van der Waals surface area contributed by atoms with Gasteiger partial charge in [-0.15, -0.1) is 0 Å². The van der Waals surface area contributed by atoms with Crippen molar-refractivity contribution < 1.29 is 13.9 Å². The molecule has 2 rings (SSSR count). The lowest BCUT2D eigenvalue weighted by molar-refractivity contribution is 0.199. The minimum atomic E-state index is -0.592. The largest absolute Gasteiger partial charge is 0.389 e. The molecular weight excluding hydrogens is 334 g/mol. The van der Waals surface area contributed by atoms with Crippen LogP contribution >= 0.6 is 27.7 Å². The van der Waals surface area contributed by atoms with Gasteiger partial charge in [0.05, 0.1) is 6.10 Å². The molecule has 100 valence electrons. The van der Waals surface area contributed by atoms with E-state index in [0.29, 0.717) is 4.90 Å². The summed E-state index contributed by atoms with van der Waals surface area (Å²) in [5.41, 5.74) is 0.774. The van der Waals surface area contributed by atoms with Crippen LogP contribution < -0.4 is 0 Å². The van der Waals surface area contributed by atoms with Gasteiger partial charge in [0.2, 0.25) is 0 Å². The van der Waals surface area contributed by atoms with E-state index in [-0.39, 0.29) is 0 Å². The van der Waals surface area contributed by atoms with E-state index in [1.165, 1.54) is 23.9 Å². The molecule has 5 heteroatoms. The molecule has 0 radical (unpaired) electrons. The fourth-order valence-electron chi connectivity index (χ4n) is 1.54. The monoisotopic (exact) mass is 344 g/mol. The smallest absolute Gasteiger partial charge is 0.140 e. The second-order valence-corrected chi connectivity index (χ2v) is 5.98. The second-order valence-electron chi connectivity index (χ2n) is 4.04. The molecule has 1 nitrogen and oxygen atoms in total. The van der Waals surface area contributed by atoms with Gasteiger partial charge in [0.25, 0.3) is 0 Å². The lowest BCUT2D eigenvalue weighted by Crippen LogP contribution is -1.91. The highest BCUT2D eigenvalue weighted by Crippen LogP contribution is 2.36. The molecule has 0 saturated carbocycles. The Morgan fingerprint density at radius 1 is 1.11 bits per heavy atom. The van der Waals surface area contributed by atoms with E-state index >= 15 is 0 Å². The predicted molar refractivity (Wildman–Crippen MR) is 75.3 cm³/mol. The summed E-state index contributed by atoms with van der Waals surface area (Å²) in [7, 11) is 0. The van der Waals surface area contributed by atoms with Gasteiger partial charge in [0.1, 0.15) is 11.6 Å². The standard InChI is InChI=1S/C14H11BrF2OS/c1-8(18)9-2-4-13(11(15)6-9)19-14-5-3-10(16)7-12(14)17/h2-8,18H,1H3/t8-/m1/s1. The minimum absolute atomic E-state index is 0.354. The first-order chi connectivity index (χ1) is 8.97. The second kappa shape index (κ2) is 6.03. The summed E-state index contributed by atoms with van der Waals surface area (Å²) in [4.78, 5) is 1.15. The Labute approximate surface area is 122 Å². The fourth-order valence-corrected chi connectivity index (χ4v) is 3.00. The third-order valence-electron chi connectivity index (χ3n) is 2.55. The van der Waals surface area contributed by atoms with Crippen molar-refractivity contribution >= 4 is 27.7 Å². The number of rotatable bonds is 3. The van der Waals surface area contributed by atoms with Crippen molar-refractivity contribution in [1.82, 2.24) is 0 Å². The van der Waals surface area contributed by atoms with Gasteiger partial charge in [0, 0.05) is 20.3 Å². The predicted octanol–water partition coefficient (Wildman–Crippen LogP) is 4.93. The number of aliphatic hydroxyl groups is 1. The third-order valence-corrected chi connectivity index (χ3v) is 4.60. The zero-order chi connectivity index (χ0) is 14.0. The highest BCUT2D eigenvalue weighted by Gasteiger charge is 2.10. The molecule has 2 aromatic rings. The summed E-state index contributed by atoms with van der Waals surface area (Å²) in [6, 6.07) is 8.85. The maximum atomic E-state index is 13.6. The maximum Gasteiger partial charge on any atom is 0.140 e. The average Bonchev–Trinajstić information content (AvgIpc) is 2.34. The first-order valence-corrected chi connectivity index (χ1v) is 7.18. The minimum Gasteiger partial charge on any atom is -0.389 e. The Bertz CT molecular complexity index is 602. The molecule has 0 fully saturated rings. The molecule has 2 aromatic carbocycles. The van der Waals surface area contributed by atoms with E-state index in [9.17, 15) is 13.9 Å². The van der Waals surface area contributed by atoms with Crippen molar-refractivity contribution in [3.05, 3.63) is 58.1 Å². The van der Waals surface area contributed by atoms with Crippen LogP contribution in [0.15, 0.2) is 50.7 Å². The van der Waals surface area contributed by atoms with Gasteiger partial charge in [0.15, 0.2) is 0 Å². The highest BCUT2D eigenvalue weighted by atomic mass is 79.9. The molecule has 0 heterocycles. The average molecular weight is 345 g/mol. The van der Waals surface area contributed by atoms with E-state index in [1.807, 2.05) is 0 Å². The summed E-state index contributed by atoms with van der Waals surface area (Å²) >= 11 is 4.58. The number of hydrogen-bond donors (Lipinski definition) is 1. The van der Waals surface area contributed by atoms with Gasteiger partial charge in [-0.2, -0.15) is 0 Å². The van der Waals surface area contributed by atoms with Crippen LogP contribution in [0, 0.1) is 11.6 Å². The molecule has 0 unspecified atom stereocenters. The molecule has 0 aliphatic heterocycles. The molecule has 0 bridgehead atoms. The summed E-state index contributed by atoms with van der Waals surface area (Å²) in [6.45, 7) is 1.67. The van der Waals surface area contributed by atoms with Crippen molar-refractivity contribution in [2.45, 2.75) is 22.8 Å². The molecule has 0 aliphatic rings. The van der Waals surface area contributed by atoms with Crippen LogP contribution in [-0.2, 0) is 0 Å². The third kappa shape index (κ3) is 3.55. The summed E-state index contributed by atoms with van der Waals surface area (Å²) in [6.07, 6.45) is -0.557. The Hall–Kier alpha value is -0.910. The first kappa shape index (κ1) is 14.5. The van der Waals surface area contributed by atoms with Gasteiger partial charge in [-0.1, -0.05) is 17.8 Å². The molecule has 19 heavy (non-hydrogen) atoms. The van der Waals surface area contributed by atoms with E-state index in [2.05, 4.69) is 15.9 Å². The van der Waals surface area contributed by atoms with Gasteiger partial charge < -0.3 is 5.11 Å².